The second-order valence-corrected chi connectivity index (χ2v) is 12.0. The minimum atomic E-state index is 0.707. The minimum absolute atomic E-state index is 0.707. The highest BCUT2D eigenvalue weighted by Crippen LogP contribution is 2.36. The number of nitrogens with zero attached hydrogens (tertiary/aromatic N) is 1. The molecular weight excluding hydrogens is 605 g/mol. The number of rotatable bonds is 14. The summed E-state index contributed by atoms with van der Waals surface area (Å²) >= 11 is 0. The molecule has 1 aliphatic carbocycles. The Hall–Kier alpha value is -6.12. The van der Waals surface area contributed by atoms with E-state index < -0.39 is 0 Å². The first kappa shape index (κ1) is 35.2. The Labute approximate surface area is 299 Å². The third kappa shape index (κ3) is 9.06. The molecule has 0 aliphatic heterocycles. The van der Waals surface area contributed by atoms with E-state index >= 15 is 0 Å². The van der Waals surface area contributed by atoms with Gasteiger partial charge in [0.2, 0.25) is 0 Å². The van der Waals surface area contributed by atoms with Gasteiger partial charge in [-0.15, -0.1) is 0 Å². The van der Waals surface area contributed by atoms with Gasteiger partial charge in [0.05, 0.1) is 0 Å². The third-order valence-electron chi connectivity index (χ3n) is 8.63. The number of para-hydroxylation sites is 1. The normalized spacial score (nSPS) is 13.4. The van der Waals surface area contributed by atoms with E-state index in [0.717, 1.165) is 58.5 Å². The second-order valence-electron chi connectivity index (χ2n) is 12.0. The fourth-order valence-electron chi connectivity index (χ4n) is 5.99. The Balaban J connectivity index is 1.47. The van der Waals surface area contributed by atoms with Crippen molar-refractivity contribution in [3.8, 4) is 11.1 Å². The van der Waals surface area contributed by atoms with Crippen molar-refractivity contribution in [1.29, 1.82) is 0 Å². The summed E-state index contributed by atoms with van der Waals surface area (Å²) in [4.78, 5) is 2.22. The molecule has 4 aromatic rings. The summed E-state index contributed by atoms with van der Waals surface area (Å²) in [5.41, 5.74) is 19.0. The molecule has 0 fully saturated rings. The monoisotopic (exact) mass is 650 g/mol. The highest BCUT2D eigenvalue weighted by atomic mass is 15.1. The fraction of sp³-hybridized carbons (Fsp3) is 0.0833. The number of anilines is 2. The predicted octanol–water partition coefficient (Wildman–Crippen LogP) is 12.9. The number of benzene rings is 4. The van der Waals surface area contributed by atoms with Crippen molar-refractivity contribution < 1.29 is 0 Å². The molecule has 0 radical (unpaired) electrons. The van der Waals surface area contributed by atoms with Crippen LogP contribution in [-0.4, -0.2) is 0 Å². The summed E-state index contributed by atoms with van der Waals surface area (Å²) in [6.07, 6.45) is 29.9. The molecule has 4 aromatic carbocycles. The van der Waals surface area contributed by atoms with Gasteiger partial charge in [0, 0.05) is 34.4 Å². The summed E-state index contributed by atoms with van der Waals surface area (Å²) in [7, 11) is 0. The zero-order valence-electron chi connectivity index (χ0n) is 29.0. The molecule has 2 heteroatoms. The van der Waals surface area contributed by atoms with Crippen LogP contribution in [0.5, 0.6) is 0 Å². The van der Waals surface area contributed by atoms with Crippen LogP contribution in [0.3, 0.4) is 0 Å². The number of nitrogen functional groups attached to an aromatic ring is 1. The van der Waals surface area contributed by atoms with Gasteiger partial charge >= 0.3 is 0 Å². The highest BCUT2D eigenvalue weighted by molar-refractivity contribution is 5.93. The molecule has 0 aromatic heterocycles. The van der Waals surface area contributed by atoms with E-state index in [9.17, 15) is 0 Å². The molecule has 0 atom stereocenters. The zero-order chi connectivity index (χ0) is 35.1. The van der Waals surface area contributed by atoms with E-state index in [4.69, 9.17) is 5.73 Å². The summed E-state index contributed by atoms with van der Waals surface area (Å²) in [6, 6.07) is 33.9. The van der Waals surface area contributed by atoms with Gasteiger partial charge in [-0.1, -0.05) is 165 Å². The maximum Gasteiger partial charge on any atom is 0.0491 e. The van der Waals surface area contributed by atoms with Crippen molar-refractivity contribution in [2.24, 2.45) is 0 Å². The van der Waals surface area contributed by atoms with Gasteiger partial charge in [-0.3, -0.25) is 0 Å². The predicted molar refractivity (Wildman–Crippen MR) is 220 cm³/mol. The molecule has 5 rings (SSSR count). The van der Waals surface area contributed by atoms with Gasteiger partial charge in [-0.25, -0.2) is 0 Å². The molecule has 0 saturated carbocycles. The van der Waals surface area contributed by atoms with Gasteiger partial charge in [0.15, 0.2) is 0 Å². The lowest BCUT2D eigenvalue weighted by Gasteiger charge is -2.26. The number of nitrogens with two attached hydrogens (primary N) is 1. The number of hydrogen-bond acceptors (Lipinski definition) is 2. The second kappa shape index (κ2) is 17.9. The molecule has 1 aliphatic rings. The zero-order valence-corrected chi connectivity index (χ0v) is 29.0. The van der Waals surface area contributed by atoms with E-state index in [1.807, 2.05) is 54.6 Å². The van der Waals surface area contributed by atoms with Crippen LogP contribution in [0.4, 0.5) is 11.4 Å². The topological polar surface area (TPSA) is 29.3 Å². The van der Waals surface area contributed by atoms with E-state index in [1.165, 1.54) is 22.3 Å². The van der Waals surface area contributed by atoms with Crippen molar-refractivity contribution in [1.82, 2.24) is 0 Å². The van der Waals surface area contributed by atoms with Gasteiger partial charge in [0.25, 0.3) is 0 Å². The summed E-state index contributed by atoms with van der Waals surface area (Å²) in [5, 5.41) is 0. The molecule has 0 saturated heterocycles. The molecule has 50 heavy (non-hydrogen) atoms. The summed E-state index contributed by atoms with van der Waals surface area (Å²) in [6.45, 7) is 14.5. The van der Waals surface area contributed by atoms with Gasteiger partial charge < -0.3 is 10.6 Å². The molecule has 2 nitrogen and oxygen atoms in total. The Morgan fingerprint density at radius 3 is 2.06 bits per heavy atom. The van der Waals surface area contributed by atoms with Crippen LogP contribution in [0, 0.1) is 0 Å². The average Bonchev–Trinajstić information content (AvgIpc) is 3.16. The minimum Gasteiger partial charge on any atom is -0.398 e. The Morgan fingerprint density at radius 2 is 1.40 bits per heavy atom. The molecule has 0 spiro atoms. The Bertz CT molecular complexity index is 2020. The van der Waals surface area contributed by atoms with Crippen molar-refractivity contribution >= 4 is 28.2 Å². The fourth-order valence-corrected chi connectivity index (χ4v) is 5.99. The molecule has 0 heterocycles. The van der Waals surface area contributed by atoms with Crippen LogP contribution in [0.2, 0.25) is 0 Å². The van der Waals surface area contributed by atoms with Crippen LogP contribution in [0.1, 0.15) is 48.4 Å². The lowest BCUT2D eigenvalue weighted by atomic mass is 9.92. The van der Waals surface area contributed by atoms with Crippen molar-refractivity contribution in [2.75, 3.05) is 10.6 Å². The first-order valence-corrected chi connectivity index (χ1v) is 17.1. The van der Waals surface area contributed by atoms with Crippen LogP contribution in [0.15, 0.2) is 201 Å². The lowest BCUT2D eigenvalue weighted by Crippen LogP contribution is -2.15. The standard InChI is InChI=1S/C48H46N2/c1-5-7-8-9-11-20-37(3)21-18-19-36-50(48(6-2)46-26-15-14-24-44(46)38(4)45-25-16-17-27-47(45)49)43-34-32-42(33-35-43)41-30-28-40(29-31-41)39-22-12-10-13-23-39/h5-8,10-12,14-22,24-36H,1,3-4,9,13,23,49H2,2H3/b8-7-,20-11?,21-18-,36-19-,48-6+. The molecule has 0 unspecified atom stereocenters. The van der Waals surface area contributed by atoms with Gasteiger partial charge in [0.1, 0.15) is 0 Å². The maximum absolute atomic E-state index is 6.40. The van der Waals surface area contributed by atoms with E-state index in [2.05, 4.69) is 147 Å². The quantitative estimate of drug-likeness (QED) is 0.109. The molecule has 0 amide bonds. The van der Waals surface area contributed by atoms with Gasteiger partial charge in [-0.05, 0) is 89.4 Å². The van der Waals surface area contributed by atoms with Crippen molar-refractivity contribution in [3.05, 3.63) is 224 Å². The SMILES string of the molecule is C=C/C=C\CC=CC(=C)/C=C\C=C/N(/C(=C/C)c1ccccc1C(=C)c1ccccc1N)c1ccc(-c2ccc(C3=CC=CCC3)cc2)cc1. The third-order valence-corrected chi connectivity index (χ3v) is 8.63. The van der Waals surface area contributed by atoms with Crippen LogP contribution in [0.25, 0.3) is 28.0 Å². The van der Waals surface area contributed by atoms with E-state index in [-0.39, 0.29) is 0 Å². The van der Waals surface area contributed by atoms with E-state index in [0.29, 0.717) is 5.69 Å². The van der Waals surface area contributed by atoms with Crippen LogP contribution < -0.4 is 10.6 Å². The van der Waals surface area contributed by atoms with Crippen LogP contribution >= 0.6 is 0 Å². The summed E-state index contributed by atoms with van der Waals surface area (Å²) in [5.74, 6) is 0. The molecular formula is C48H46N2. The first-order valence-electron chi connectivity index (χ1n) is 17.1. The Kier molecular flexibility index (Phi) is 12.6. The number of allylic oxidation sites excluding steroid dienone is 14. The molecule has 0 bridgehead atoms. The largest absolute Gasteiger partial charge is 0.398 e. The average molecular weight is 651 g/mol. The molecule has 248 valence electrons. The lowest BCUT2D eigenvalue weighted by molar-refractivity contribution is 1.05. The first-order chi connectivity index (χ1) is 24.5. The summed E-state index contributed by atoms with van der Waals surface area (Å²) < 4.78 is 0. The smallest absolute Gasteiger partial charge is 0.0491 e. The van der Waals surface area contributed by atoms with Crippen molar-refractivity contribution in [3.63, 3.8) is 0 Å². The number of hydrogen-bond donors (Lipinski definition) is 1. The molecule has 2 N–H and O–H groups in total. The highest BCUT2D eigenvalue weighted by Gasteiger charge is 2.18. The van der Waals surface area contributed by atoms with Gasteiger partial charge in [-0.2, -0.15) is 0 Å². The van der Waals surface area contributed by atoms with Crippen molar-refractivity contribution in [2.45, 2.75) is 26.2 Å². The van der Waals surface area contributed by atoms with E-state index in [1.54, 1.807) is 6.08 Å². The maximum atomic E-state index is 6.40. The van der Waals surface area contributed by atoms with Crippen LogP contribution in [-0.2, 0) is 0 Å². The Morgan fingerprint density at radius 1 is 0.740 bits per heavy atom.